The highest BCUT2D eigenvalue weighted by Crippen LogP contribution is 2.37. The molecule has 0 N–H and O–H groups in total. The Hall–Kier alpha value is -1.54. The number of aromatic nitrogens is 2. The summed E-state index contributed by atoms with van der Waals surface area (Å²) in [5.41, 5.74) is 0. The van der Waals surface area contributed by atoms with Crippen LogP contribution in [0.1, 0.15) is 30.7 Å². The first kappa shape index (κ1) is 17.3. The Balaban J connectivity index is 1.86. The molecule has 2 atom stereocenters. The number of allylic oxidation sites excluding steroid dienone is 1. The van der Waals surface area contributed by atoms with Gasteiger partial charge >= 0.3 is 0 Å². The third-order valence-corrected chi connectivity index (χ3v) is 5.76. The van der Waals surface area contributed by atoms with Crippen LogP contribution in [0, 0.1) is 12.8 Å². The standard InChI is InChI=1S/C16H19FN4OS2/c1-3-8-21-14(22)13(9-11-6-4-5-7-12(11)17)24-16(21)18-15-20-19-10(2)23-15/h3,9,11-12H,1,4-8H2,2H3/b13-9+,18-16-. The van der Waals surface area contributed by atoms with Crippen molar-refractivity contribution in [2.75, 3.05) is 6.54 Å². The van der Waals surface area contributed by atoms with Gasteiger partial charge in [-0.3, -0.25) is 9.69 Å². The van der Waals surface area contributed by atoms with Gasteiger partial charge in [0, 0.05) is 12.5 Å². The third-order valence-electron chi connectivity index (χ3n) is 4.00. The number of carbonyl (C=O) groups is 1. The Kier molecular flexibility index (Phi) is 5.45. The van der Waals surface area contributed by atoms with Crippen LogP contribution in [0.5, 0.6) is 0 Å². The minimum absolute atomic E-state index is 0.141. The third kappa shape index (κ3) is 3.75. The average molecular weight is 366 g/mol. The van der Waals surface area contributed by atoms with Crippen molar-refractivity contribution in [2.45, 2.75) is 38.8 Å². The van der Waals surface area contributed by atoms with Crippen molar-refractivity contribution in [3.63, 3.8) is 0 Å². The van der Waals surface area contributed by atoms with Crippen LogP contribution in [0.4, 0.5) is 9.52 Å². The van der Waals surface area contributed by atoms with Crippen LogP contribution in [0.15, 0.2) is 28.6 Å². The lowest BCUT2D eigenvalue weighted by molar-refractivity contribution is -0.121. The molecule has 0 spiro atoms. The van der Waals surface area contributed by atoms with Gasteiger partial charge in [0.15, 0.2) is 5.17 Å². The number of aliphatic imine (C=N–C) groups is 1. The Bertz CT molecular complexity index is 700. The van der Waals surface area contributed by atoms with Gasteiger partial charge in [-0.25, -0.2) is 4.39 Å². The first-order chi connectivity index (χ1) is 11.6. The smallest absolute Gasteiger partial charge is 0.266 e. The molecule has 1 saturated heterocycles. The normalized spacial score (nSPS) is 28.1. The summed E-state index contributed by atoms with van der Waals surface area (Å²) in [6.45, 7) is 5.91. The summed E-state index contributed by atoms with van der Waals surface area (Å²) < 4.78 is 14.1. The molecular weight excluding hydrogens is 347 g/mol. The number of hydrogen-bond donors (Lipinski definition) is 0. The zero-order chi connectivity index (χ0) is 17.1. The van der Waals surface area contributed by atoms with E-state index in [1.54, 1.807) is 17.1 Å². The van der Waals surface area contributed by atoms with Crippen molar-refractivity contribution >= 4 is 39.3 Å². The Morgan fingerprint density at radius 3 is 2.88 bits per heavy atom. The molecule has 0 radical (unpaired) electrons. The lowest BCUT2D eigenvalue weighted by Gasteiger charge is -2.23. The molecule has 1 aliphatic carbocycles. The number of amidine groups is 1. The van der Waals surface area contributed by atoms with Gasteiger partial charge in [0.1, 0.15) is 11.2 Å². The highest BCUT2D eigenvalue weighted by Gasteiger charge is 2.35. The second kappa shape index (κ2) is 7.57. The maximum Gasteiger partial charge on any atom is 0.266 e. The summed E-state index contributed by atoms with van der Waals surface area (Å²) in [5, 5.41) is 9.79. The van der Waals surface area contributed by atoms with Gasteiger partial charge in [-0.15, -0.1) is 16.8 Å². The van der Waals surface area contributed by atoms with Crippen molar-refractivity contribution in [1.29, 1.82) is 0 Å². The fourth-order valence-corrected chi connectivity index (χ4v) is 4.46. The minimum Gasteiger partial charge on any atom is -0.282 e. The predicted molar refractivity (Wildman–Crippen MR) is 96.2 cm³/mol. The molecule has 1 amide bonds. The van der Waals surface area contributed by atoms with Gasteiger partial charge < -0.3 is 0 Å². The lowest BCUT2D eigenvalue weighted by atomic mass is 9.87. The largest absolute Gasteiger partial charge is 0.282 e. The Labute approximate surface area is 148 Å². The number of thioether (sulfide) groups is 1. The SMILES string of the molecule is C=CCN1C(=O)/C(=C\C2CCCCC2F)S/C1=N\c1nnc(C)s1. The number of alkyl halides is 1. The number of hydrogen-bond acceptors (Lipinski definition) is 6. The van der Waals surface area contributed by atoms with Crippen molar-refractivity contribution in [3.05, 3.63) is 28.6 Å². The van der Waals surface area contributed by atoms with Crippen LogP contribution in [-0.4, -0.2) is 38.9 Å². The zero-order valence-electron chi connectivity index (χ0n) is 13.4. The molecule has 2 fully saturated rings. The van der Waals surface area contributed by atoms with Crippen LogP contribution in [0.25, 0.3) is 0 Å². The summed E-state index contributed by atoms with van der Waals surface area (Å²) in [7, 11) is 0. The summed E-state index contributed by atoms with van der Waals surface area (Å²) in [6.07, 6.45) is 5.89. The van der Waals surface area contributed by atoms with Gasteiger partial charge in [-0.1, -0.05) is 36.3 Å². The number of carbonyl (C=O) groups excluding carboxylic acids is 1. The fraction of sp³-hybridized carbons (Fsp3) is 0.500. The van der Waals surface area contributed by atoms with Crippen LogP contribution in [0.2, 0.25) is 0 Å². The molecule has 2 unspecified atom stereocenters. The maximum absolute atomic E-state index is 14.1. The van der Waals surface area contributed by atoms with Crippen LogP contribution >= 0.6 is 23.1 Å². The van der Waals surface area contributed by atoms with E-state index in [-0.39, 0.29) is 11.8 Å². The monoisotopic (exact) mass is 366 g/mol. The molecule has 1 aromatic rings. The zero-order valence-corrected chi connectivity index (χ0v) is 15.1. The molecule has 3 rings (SSSR count). The number of amides is 1. The van der Waals surface area contributed by atoms with E-state index in [0.29, 0.717) is 28.2 Å². The van der Waals surface area contributed by atoms with Crippen molar-refractivity contribution in [3.8, 4) is 0 Å². The number of halogens is 1. The molecule has 2 heterocycles. The van der Waals surface area contributed by atoms with E-state index in [2.05, 4.69) is 21.8 Å². The van der Waals surface area contributed by atoms with E-state index in [4.69, 9.17) is 0 Å². The second-order valence-electron chi connectivity index (χ2n) is 5.80. The summed E-state index contributed by atoms with van der Waals surface area (Å²) in [6, 6.07) is 0. The molecule has 0 aromatic carbocycles. The number of nitrogens with zero attached hydrogens (tertiary/aromatic N) is 4. The van der Waals surface area contributed by atoms with E-state index in [1.165, 1.54) is 23.1 Å². The fourth-order valence-electron chi connectivity index (χ4n) is 2.81. The molecule has 1 aromatic heterocycles. The van der Waals surface area contributed by atoms with Crippen molar-refractivity contribution < 1.29 is 9.18 Å². The van der Waals surface area contributed by atoms with E-state index in [9.17, 15) is 9.18 Å². The van der Waals surface area contributed by atoms with Crippen molar-refractivity contribution in [2.24, 2.45) is 10.9 Å². The van der Waals surface area contributed by atoms with E-state index < -0.39 is 6.17 Å². The molecule has 1 aliphatic heterocycles. The summed E-state index contributed by atoms with van der Waals surface area (Å²) in [4.78, 5) is 19.2. The van der Waals surface area contributed by atoms with Crippen molar-refractivity contribution in [1.82, 2.24) is 15.1 Å². The van der Waals surface area contributed by atoms with Gasteiger partial charge in [0.25, 0.3) is 5.91 Å². The molecule has 0 bridgehead atoms. The van der Waals surface area contributed by atoms with Gasteiger partial charge in [0.05, 0.1) is 4.91 Å². The minimum atomic E-state index is -0.862. The van der Waals surface area contributed by atoms with Gasteiger partial charge in [-0.2, -0.15) is 4.99 Å². The maximum atomic E-state index is 14.1. The highest BCUT2D eigenvalue weighted by molar-refractivity contribution is 8.18. The topological polar surface area (TPSA) is 58.5 Å². The summed E-state index contributed by atoms with van der Waals surface area (Å²) in [5.74, 6) is -0.323. The van der Waals surface area contributed by atoms with E-state index in [1.807, 2.05) is 6.92 Å². The molecule has 8 heteroatoms. The highest BCUT2D eigenvalue weighted by atomic mass is 32.2. The summed E-state index contributed by atoms with van der Waals surface area (Å²) >= 11 is 2.65. The molecule has 24 heavy (non-hydrogen) atoms. The molecule has 128 valence electrons. The molecular formula is C16H19FN4OS2. The quantitative estimate of drug-likeness (QED) is 0.597. The molecule has 1 saturated carbocycles. The van der Waals surface area contributed by atoms with Crippen LogP contribution in [0.3, 0.4) is 0 Å². The number of rotatable bonds is 4. The van der Waals surface area contributed by atoms with Gasteiger partial charge in [0.2, 0.25) is 5.13 Å². The Morgan fingerprint density at radius 1 is 1.42 bits per heavy atom. The number of aryl methyl sites for hydroxylation is 1. The predicted octanol–water partition coefficient (Wildman–Crippen LogP) is 4.01. The first-order valence-electron chi connectivity index (χ1n) is 7.94. The first-order valence-corrected chi connectivity index (χ1v) is 9.57. The van der Waals surface area contributed by atoms with Crippen LogP contribution < -0.4 is 0 Å². The van der Waals surface area contributed by atoms with Gasteiger partial charge in [-0.05, 0) is 31.5 Å². The average Bonchev–Trinajstić information content (AvgIpc) is 3.09. The van der Waals surface area contributed by atoms with E-state index >= 15 is 0 Å². The second-order valence-corrected chi connectivity index (χ2v) is 7.97. The van der Waals surface area contributed by atoms with Crippen LogP contribution in [-0.2, 0) is 4.79 Å². The lowest BCUT2D eigenvalue weighted by Crippen LogP contribution is -2.29. The molecule has 2 aliphatic rings. The molecule has 5 nitrogen and oxygen atoms in total. The Morgan fingerprint density at radius 2 is 2.21 bits per heavy atom. The van der Waals surface area contributed by atoms with E-state index in [0.717, 1.165) is 24.3 Å².